The van der Waals surface area contributed by atoms with E-state index in [9.17, 15) is 0 Å². The summed E-state index contributed by atoms with van der Waals surface area (Å²) in [6.45, 7) is 6.46. The molecule has 0 saturated carbocycles. The molecule has 2 aliphatic rings. The molecule has 0 bridgehead atoms. The Morgan fingerprint density at radius 3 is 2.38 bits per heavy atom. The second kappa shape index (κ2) is 7.30. The van der Waals surface area contributed by atoms with Gasteiger partial charge in [0.2, 0.25) is 0 Å². The summed E-state index contributed by atoms with van der Waals surface area (Å²) in [5.74, 6) is 0. The van der Waals surface area contributed by atoms with Crippen LogP contribution < -0.4 is 4.90 Å². The maximum atomic E-state index is 4.60. The van der Waals surface area contributed by atoms with Crippen LogP contribution in [0.25, 0.3) is 33.5 Å². The van der Waals surface area contributed by atoms with Crippen molar-refractivity contribution in [2.45, 2.75) is 13.8 Å². The predicted octanol–water partition coefficient (Wildman–Crippen LogP) is 6.42. The molecule has 1 aliphatic heterocycles. The number of hydrogen-bond donors (Lipinski definition) is 0. The minimum absolute atomic E-state index is 1.04. The molecule has 4 rings (SSSR count). The largest absolute Gasteiger partial charge is 0.372 e. The van der Waals surface area contributed by atoms with E-state index in [4.69, 9.17) is 0 Å². The van der Waals surface area contributed by atoms with Gasteiger partial charge in [0.1, 0.15) is 0 Å². The van der Waals surface area contributed by atoms with E-state index in [0.717, 1.165) is 18.6 Å². The van der Waals surface area contributed by atoms with Crippen molar-refractivity contribution >= 4 is 40.3 Å². The SMILES string of the molecule is CCN(CC)c1ccc(C=Cc2cc3snc4ccccc4c-3c2)cc1. The fourth-order valence-electron chi connectivity index (χ4n) is 3.35. The van der Waals surface area contributed by atoms with Gasteiger partial charge < -0.3 is 4.90 Å². The lowest BCUT2D eigenvalue weighted by atomic mass is 10.1. The first-order valence-electron chi connectivity index (χ1n) is 9.09. The molecule has 26 heavy (non-hydrogen) atoms. The fraction of sp³-hybridized carbons (Fsp3) is 0.174. The van der Waals surface area contributed by atoms with Gasteiger partial charge in [-0.1, -0.05) is 42.5 Å². The molecule has 0 atom stereocenters. The van der Waals surface area contributed by atoms with E-state index in [0.29, 0.717) is 0 Å². The number of aromatic nitrogens is 1. The molecule has 130 valence electrons. The standard InChI is InChI=1S/C23H22N2S/c1-3-25(4-2)19-13-11-17(12-14-19)9-10-18-15-21-20-7-5-6-8-22(20)24-26-23(21)16-18/h5-16H,3-4H2,1-2H3. The zero-order valence-corrected chi connectivity index (χ0v) is 16.0. The number of hydrogen-bond acceptors (Lipinski definition) is 3. The molecule has 0 unspecified atom stereocenters. The third-order valence-corrected chi connectivity index (χ3v) is 5.62. The lowest BCUT2D eigenvalue weighted by molar-refractivity contribution is 0.866. The highest BCUT2D eigenvalue weighted by Crippen LogP contribution is 2.35. The molecule has 1 aliphatic carbocycles. The monoisotopic (exact) mass is 358 g/mol. The normalized spacial score (nSPS) is 11.6. The van der Waals surface area contributed by atoms with E-state index < -0.39 is 0 Å². The maximum absolute atomic E-state index is 4.60. The Kier molecular flexibility index (Phi) is 4.72. The van der Waals surface area contributed by atoms with E-state index in [-0.39, 0.29) is 0 Å². The highest BCUT2D eigenvalue weighted by Gasteiger charge is 2.11. The summed E-state index contributed by atoms with van der Waals surface area (Å²) in [6, 6.07) is 21.6. The van der Waals surface area contributed by atoms with E-state index >= 15 is 0 Å². The second-order valence-corrected chi connectivity index (χ2v) is 7.17. The van der Waals surface area contributed by atoms with Gasteiger partial charge in [-0.15, -0.1) is 0 Å². The molecule has 0 N–H and O–H groups in total. The van der Waals surface area contributed by atoms with Gasteiger partial charge in [0.15, 0.2) is 0 Å². The van der Waals surface area contributed by atoms with Crippen molar-refractivity contribution in [2.24, 2.45) is 0 Å². The zero-order chi connectivity index (χ0) is 17.9. The molecule has 0 aromatic heterocycles. The summed E-state index contributed by atoms with van der Waals surface area (Å²) in [6.07, 6.45) is 4.37. The Morgan fingerprint density at radius 2 is 1.62 bits per heavy atom. The molecule has 0 fully saturated rings. The average molecular weight is 359 g/mol. The first-order valence-corrected chi connectivity index (χ1v) is 9.87. The van der Waals surface area contributed by atoms with Gasteiger partial charge in [0.05, 0.1) is 10.4 Å². The minimum Gasteiger partial charge on any atom is -0.372 e. The van der Waals surface area contributed by atoms with Gasteiger partial charge in [0.25, 0.3) is 0 Å². The highest BCUT2D eigenvalue weighted by atomic mass is 32.1. The Bertz CT molecular complexity index is 1010. The second-order valence-electron chi connectivity index (χ2n) is 6.36. The topological polar surface area (TPSA) is 16.1 Å². The summed E-state index contributed by atoms with van der Waals surface area (Å²) in [5.41, 5.74) is 6.08. The van der Waals surface area contributed by atoms with Crippen molar-refractivity contribution in [2.75, 3.05) is 18.0 Å². The number of anilines is 1. The third kappa shape index (κ3) is 3.23. The fourth-order valence-corrected chi connectivity index (χ4v) is 4.16. The van der Waals surface area contributed by atoms with Gasteiger partial charge in [-0.3, -0.25) is 0 Å². The summed E-state index contributed by atoms with van der Waals surface area (Å²) >= 11 is 1.57. The number of fused-ring (bicyclic) bond motifs is 3. The molecule has 0 radical (unpaired) electrons. The van der Waals surface area contributed by atoms with Gasteiger partial charge in [-0.2, -0.15) is 4.37 Å². The molecule has 3 heteroatoms. The van der Waals surface area contributed by atoms with Gasteiger partial charge in [-0.25, -0.2) is 0 Å². The van der Waals surface area contributed by atoms with Crippen LogP contribution in [-0.4, -0.2) is 17.5 Å². The summed E-state index contributed by atoms with van der Waals surface area (Å²) in [4.78, 5) is 3.59. The van der Waals surface area contributed by atoms with E-state index in [1.54, 1.807) is 11.5 Å². The van der Waals surface area contributed by atoms with Gasteiger partial charge >= 0.3 is 0 Å². The van der Waals surface area contributed by atoms with Crippen molar-refractivity contribution in [1.82, 2.24) is 4.37 Å². The van der Waals surface area contributed by atoms with Crippen LogP contribution in [0, 0.1) is 0 Å². The van der Waals surface area contributed by atoms with Crippen LogP contribution in [0.2, 0.25) is 0 Å². The Balaban J connectivity index is 1.61. The Morgan fingerprint density at radius 1 is 0.885 bits per heavy atom. The van der Waals surface area contributed by atoms with E-state index in [2.05, 4.69) is 89.9 Å². The van der Waals surface area contributed by atoms with Crippen molar-refractivity contribution in [3.63, 3.8) is 0 Å². The molecule has 1 heterocycles. The van der Waals surface area contributed by atoms with Crippen LogP contribution in [0.3, 0.4) is 0 Å². The third-order valence-electron chi connectivity index (χ3n) is 4.80. The van der Waals surface area contributed by atoms with Crippen LogP contribution in [0.5, 0.6) is 0 Å². The molecular weight excluding hydrogens is 336 g/mol. The van der Waals surface area contributed by atoms with E-state index in [1.807, 2.05) is 6.07 Å². The smallest absolute Gasteiger partial charge is 0.0838 e. The lowest BCUT2D eigenvalue weighted by Gasteiger charge is -2.20. The summed E-state index contributed by atoms with van der Waals surface area (Å²) in [7, 11) is 0. The number of nitrogens with zero attached hydrogens (tertiary/aromatic N) is 2. The summed E-state index contributed by atoms with van der Waals surface area (Å²) in [5, 5.41) is 1.23. The van der Waals surface area contributed by atoms with Crippen LogP contribution in [-0.2, 0) is 0 Å². The average Bonchev–Trinajstić information content (AvgIpc) is 3.12. The minimum atomic E-state index is 1.04. The zero-order valence-electron chi connectivity index (χ0n) is 15.1. The number of benzene rings is 2. The quantitative estimate of drug-likeness (QED) is 0.409. The van der Waals surface area contributed by atoms with Crippen LogP contribution in [0.15, 0.2) is 60.7 Å². The molecule has 0 amide bonds. The first kappa shape index (κ1) is 16.8. The van der Waals surface area contributed by atoms with Crippen LogP contribution in [0.1, 0.15) is 25.0 Å². The molecule has 2 aromatic rings. The molecule has 2 aromatic carbocycles. The predicted molar refractivity (Wildman–Crippen MR) is 115 cm³/mol. The van der Waals surface area contributed by atoms with Crippen LogP contribution in [0.4, 0.5) is 5.69 Å². The molecule has 0 saturated heterocycles. The van der Waals surface area contributed by atoms with Crippen molar-refractivity contribution in [1.29, 1.82) is 0 Å². The van der Waals surface area contributed by atoms with Gasteiger partial charge in [0, 0.05) is 29.7 Å². The number of rotatable bonds is 5. The van der Waals surface area contributed by atoms with Crippen LogP contribution >= 0.6 is 11.5 Å². The maximum Gasteiger partial charge on any atom is 0.0838 e. The van der Waals surface area contributed by atoms with Gasteiger partial charge in [-0.05, 0) is 66.8 Å². The molecular formula is C23H22N2S. The first-order chi connectivity index (χ1) is 12.8. The van der Waals surface area contributed by atoms with Crippen molar-refractivity contribution in [3.8, 4) is 10.4 Å². The van der Waals surface area contributed by atoms with E-state index in [1.165, 1.54) is 32.6 Å². The molecule has 2 nitrogen and oxygen atoms in total. The highest BCUT2D eigenvalue weighted by molar-refractivity contribution is 7.10. The lowest BCUT2D eigenvalue weighted by Crippen LogP contribution is -2.21. The molecule has 0 spiro atoms. The summed E-state index contributed by atoms with van der Waals surface area (Å²) < 4.78 is 4.60. The Labute approximate surface area is 158 Å². The van der Waals surface area contributed by atoms with Crippen molar-refractivity contribution in [3.05, 3.63) is 71.8 Å². The van der Waals surface area contributed by atoms with Crippen molar-refractivity contribution < 1.29 is 0 Å². The Hall–Kier alpha value is -2.65.